The van der Waals surface area contributed by atoms with Crippen LogP contribution in [0.4, 0.5) is 0 Å². The van der Waals surface area contributed by atoms with Crippen molar-refractivity contribution in [1.82, 2.24) is 15.0 Å². The van der Waals surface area contributed by atoms with Crippen molar-refractivity contribution >= 4 is 29.3 Å². The van der Waals surface area contributed by atoms with E-state index in [1.807, 2.05) is 38.1 Å². The highest BCUT2D eigenvalue weighted by Gasteiger charge is 2.63. The zero-order valence-electron chi connectivity index (χ0n) is 39.3. The molecule has 17 heteroatoms. The molecule has 3 aliphatic heterocycles. The fourth-order valence-corrected chi connectivity index (χ4v) is 10.8. The van der Waals surface area contributed by atoms with Crippen LogP contribution in [0.3, 0.4) is 0 Å². The van der Waals surface area contributed by atoms with Gasteiger partial charge in [0.05, 0.1) is 23.5 Å². The average molecular weight is 896 g/mol. The first kappa shape index (κ1) is 49.2. The minimum absolute atomic E-state index is 0.0512. The second-order valence-electron chi connectivity index (χ2n) is 19.2. The minimum atomic E-state index is -1.58. The van der Waals surface area contributed by atoms with E-state index in [9.17, 15) is 24.3 Å². The number of hydrogen-bond donors (Lipinski definition) is 2. The molecule has 0 aromatic carbocycles. The molecule has 6 rings (SSSR count). The molecule has 0 amide bonds. The van der Waals surface area contributed by atoms with Gasteiger partial charge in [0.1, 0.15) is 35.5 Å². The first-order valence-electron chi connectivity index (χ1n) is 22.8. The van der Waals surface area contributed by atoms with E-state index in [1.54, 1.807) is 53.8 Å². The first-order valence-corrected chi connectivity index (χ1v) is 22.8. The van der Waals surface area contributed by atoms with Gasteiger partial charge in [-0.05, 0) is 97.5 Å². The summed E-state index contributed by atoms with van der Waals surface area (Å²) < 4.78 is 36.7. The number of methoxy groups -OCH3 is 1. The molecule has 2 aromatic heterocycles. The number of esters is 2. The summed E-state index contributed by atoms with van der Waals surface area (Å²) in [6.07, 6.45) is 2.53. The Hall–Kier alpha value is -4.29. The molecule has 354 valence electrons. The van der Waals surface area contributed by atoms with Gasteiger partial charge in [-0.2, -0.15) is 0 Å². The highest BCUT2D eigenvalue weighted by Crippen LogP contribution is 2.48. The van der Waals surface area contributed by atoms with Crippen LogP contribution in [0.1, 0.15) is 118 Å². The summed E-state index contributed by atoms with van der Waals surface area (Å²) in [7, 11) is 5.17. The molecule has 5 heterocycles. The number of rotatable bonds is 11. The Balaban J connectivity index is 1.28. The topological polar surface area (TPSA) is 224 Å². The van der Waals surface area contributed by atoms with E-state index in [0.717, 1.165) is 12.8 Å². The number of hydrogen-bond acceptors (Lipinski definition) is 16. The molecule has 2 aromatic rings. The molecule has 1 saturated carbocycles. The Bertz CT molecular complexity index is 2020. The summed E-state index contributed by atoms with van der Waals surface area (Å²) in [6, 6.07) is 5.47. The normalized spacial score (nSPS) is 37.3. The predicted octanol–water partition coefficient (Wildman–Crippen LogP) is 5.36. The third-order valence-corrected chi connectivity index (χ3v) is 14.5. The number of fused-ring (bicyclic) bond motifs is 1. The number of aromatic nitrogens is 2. The number of pyridine rings is 1. The van der Waals surface area contributed by atoms with Gasteiger partial charge in [0.2, 0.25) is 0 Å². The number of amidine groups is 1. The van der Waals surface area contributed by atoms with Crippen molar-refractivity contribution in [2.45, 2.75) is 161 Å². The first-order chi connectivity index (χ1) is 30.2. The van der Waals surface area contributed by atoms with Gasteiger partial charge < -0.3 is 48.8 Å². The molecule has 17 nitrogen and oxygen atoms in total. The number of Topliss-reactive ketones (excluding diaryl/α,β-unsaturated/α-hetero) is 2. The molecule has 3 N–H and O–H groups in total. The number of carbonyl (C=O) groups excluding carboxylic acids is 4. The van der Waals surface area contributed by atoms with Crippen molar-refractivity contribution in [3.8, 4) is 11.4 Å². The molecule has 0 bridgehead atoms. The van der Waals surface area contributed by atoms with Gasteiger partial charge in [0.25, 0.3) is 0 Å². The summed E-state index contributed by atoms with van der Waals surface area (Å²) in [4.78, 5) is 69.3. The molecule has 3 saturated heterocycles. The van der Waals surface area contributed by atoms with Crippen molar-refractivity contribution in [2.75, 3.05) is 21.2 Å². The summed E-state index contributed by atoms with van der Waals surface area (Å²) in [5, 5.41) is 19.8. The van der Waals surface area contributed by atoms with Crippen molar-refractivity contribution in [3.05, 3.63) is 35.7 Å². The molecule has 0 spiro atoms. The summed E-state index contributed by atoms with van der Waals surface area (Å²) in [5.41, 5.74) is 6.11. The lowest BCUT2D eigenvalue weighted by molar-refractivity contribution is -0.295. The van der Waals surface area contributed by atoms with Crippen LogP contribution in [0.2, 0.25) is 0 Å². The summed E-state index contributed by atoms with van der Waals surface area (Å²) in [6.45, 7) is 13.3. The average Bonchev–Trinajstić information content (AvgIpc) is 4.04. The molecule has 14 atom stereocenters. The Kier molecular flexibility index (Phi) is 15.4. The van der Waals surface area contributed by atoms with Gasteiger partial charge in [-0.15, -0.1) is 0 Å². The second kappa shape index (κ2) is 20.1. The van der Waals surface area contributed by atoms with Crippen LogP contribution in [-0.4, -0.2) is 119 Å². The number of aliphatic hydroxyl groups is 1. The Morgan fingerprint density at radius 2 is 1.70 bits per heavy atom. The van der Waals surface area contributed by atoms with E-state index in [4.69, 9.17) is 38.8 Å². The van der Waals surface area contributed by atoms with Crippen LogP contribution in [0.5, 0.6) is 0 Å². The fraction of sp³-hybridized carbons (Fsp3) is 0.723. The zero-order valence-corrected chi connectivity index (χ0v) is 39.3. The van der Waals surface area contributed by atoms with Crippen LogP contribution in [-0.2, 0) is 54.3 Å². The lowest BCUT2D eigenvalue weighted by atomic mass is 9.67. The Labute approximate surface area is 376 Å². The van der Waals surface area contributed by atoms with Crippen molar-refractivity contribution in [3.63, 3.8) is 0 Å². The summed E-state index contributed by atoms with van der Waals surface area (Å²) in [5.74, 6) is -8.06. The molecule has 6 unspecified atom stereocenters. The quantitative estimate of drug-likeness (QED) is 0.0953. The number of oxime groups is 1. The largest absolute Gasteiger partial charge is 0.458 e. The number of carbonyl (C=O) groups is 4. The second-order valence-corrected chi connectivity index (χ2v) is 19.2. The number of nitrogens with zero attached hydrogens (tertiary/aromatic N) is 4. The zero-order chi connectivity index (χ0) is 46.8. The number of cyclic esters (lactones) is 1. The van der Waals surface area contributed by atoms with Gasteiger partial charge in [0, 0.05) is 49.1 Å². The molecule has 1 aliphatic carbocycles. The number of aliphatic hydroxyl groups excluding tert-OH is 1. The maximum atomic E-state index is 14.8. The third kappa shape index (κ3) is 9.93. The molecule has 0 radical (unpaired) electrons. The molecular formula is C47H69N5O12. The third-order valence-electron chi connectivity index (χ3n) is 14.5. The van der Waals surface area contributed by atoms with E-state index in [-0.39, 0.29) is 43.2 Å². The SMILES string of the molecule is CC[C@H]1OC(=O)[C@H](C)C(=O)[C@H](C)[C@@H](OC2OC(C)CC(N(C)C)C2O)[C@@](C)(OC)C[C@@H](C)C(=O)[C@H](C)C2C(/C(N)=N\OCc3cc(-c4cc(C5CCCC5)ccn4)no3)C(=O)O[C@@]21C. The minimum Gasteiger partial charge on any atom is -0.458 e. The van der Waals surface area contributed by atoms with Crippen molar-refractivity contribution < 1.29 is 57.3 Å². The molecule has 64 heavy (non-hydrogen) atoms. The van der Waals surface area contributed by atoms with E-state index >= 15 is 0 Å². The van der Waals surface area contributed by atoms with E-state index in [1.165, 1.54) is 32.4 Å². The molecule has 4 aliphatic rings. The van der Waals surface area contributed by atoms with Gasteiger partial charge in [-0.3, -0.25) is 24.2 Å². The van der Waals surface area contributed by atoms with Gasteiger partial charge >= 0.3 is 11.9 Å². The van der Waals surface area contributed by atoms with Gasteiger partial charge in [0.15, 0.2) is 35.9 Å². The molecule has 4 fully saturated rings. The number of likely N-dealkylation sites (N-methyl/N-ethyl adjacent to an activating group) is 1. The smallest absolute Gasteiger partial charge is 0.317 e. The lowest BCUT2D eigenvalue weighted by Crippen LogP contribution is -2.59. The number of ether oxygens (including phenoxy) is 5. The Morgan fingerprint density at radius 3 is 2.36 bits per heavy atom. The standard InChI is InChI=1S/C47H69N5O12/c1-12-35-47(8)37(36(44(57)63-47)42(48)51-59-23-31-21-33(50-64-31)32-20-30(17-18-49-32)29-15-13-14-16-29)26(4)38(53)24(2)22-46(7,58-11)41(27(5)39(54)28(6)43(56)61-35)62-45-40(55)34(52(9)10)19-25(3)60-45/h17-18,20-21,24-29,34-37,40-41,45,55H,12-16,19,22-23H2,1-11H3,(H2,48,51)/t24-,25?,26-,27+,28-,34?,35-,36?,37?,40?,41-,45?,46+,47-/m1/s1. The van der Waals surface area contributed by atoms with E-state index < -0.39 is 89.0 Å². The van der Waals surface area contributed by atoms with Crippen LogP contribution >= 0.6 is 0 Å². The highest BCUT2D eigenvalue weighted by atomic mass is 16.7. The summed E-state index contributed by atoms with van der Waals surface area (Å²) >= 11 is 0. The highest BCUT2D eigenvalue weighted by molar-refractivity contribution is 6.03. The lowest BCUT2D eigenvalue weighted by Gasteiger charge is -2.47. The number of ketones is 2. The van der Waals surface area contributed by atoms with Crippen molar-refractivity contribution in [2.24, 2.45) is 46.4 Å². The van der Waals surface area contributed by atoms with E-state index in [0.29, 0.717) is 29.5 Å². The monoisotopic (exact) mass is 895 g/mol. The predicted molar refractivity (Wildman–Crippen MR) is 233 cm³/mol. The van der Waals surface area contributed by atoms with Gasteiger partial charge in [-0.1, -0.05) is 50.8 Å². The Morgan fingerprint density at radius 1 is 1.00 bits per heavy atom. The van der Waals surface area contributed by atoms with E-state index in [2.05, 4.69) is 15.3 Å². The van der Waals surface area contributed by atoms with Gasteiger partial charge in [-0.25, -0.2) is 0 Å². The maximum Gasteiger partial charge on any atom is 0.317 e. The number of nitrogens with two attached hydrogens (primary N) is 1. The van der Waals surface area contributed by atoms with Crippen LogP contribution in [0.15, 0.2) is 34.1 Å². The maximum absolute atomic E-state index is 14.8. The van der Waals surface area contributed by atoms with Crippen LogP contribution < -0.4 is 5.73 Å². The molecular weight excluding hydrogens is 827 g/mol. The van der Waals surface area contributed by atoms with Crippen LogP contribution in [0, 0.1) is 35.5 Å². The van der Waals surface area contributed by atoms with Crippen LogP contribution in [0.25, 0.3) is 11.4 Å². The van der Waals surface area contributed by atoms with Crippen molar-refractivity contribution in [1.29, 1.82) is 0 Å². The fourth-order valence-electron chi connectivity index (χ4n) is 10.8.